The molecule has 0 aliphatic heterocycles. The van der Waals surface area contributed by atoms with Crippen LogP contribution >= 0.6 is 0 Å². The Labute approximate surface area is 280 Å². The lowest BCUT2D eigenvalue weighted by Crippen LogP contribution is -2.70. The molecule has 1 aromatic carbocycles. The Morgan fingerprint density at radius 2 is 1.15 bits per heavy atom. The fourth-order valence-electron chi connectivity index (χ4n) is 4.65. The summed E-state index contributed by atoms with van der Waals surface area (Å²) >= 11 is 0. The molecule has 0 saturated heterocycles. The Hall–Kier alpha value is -4.28. The standard InChI is InChI=1S/C32H52N6O10/c1-15(2)12-22(34-27(42)21(33)13-19-8-10-20(41)11-9-19)28(43)36-24(16(3)4)30(45)38-26(18(7)40)31(46)35-23(14-39)29(44)37-25(17(5)6)32(47)48/h8-11,15-18,21-26,39-41H,12-14,33H2,1-7H3,(H,34,42)(H,35,46)(H,36,43)(H,37,44)(H,38,45)(H,47,48)/t18-,21+,22+,23+,24+,25+,26+/m1/s1. The van der Waals surface area contributed by atoms with E-state index in [2.05, 4.69) is 32.3 Å². The summed E-state index contributed by atoms with van der Waals surface area (Å²) < 4.78 is 0. The summed E-state index contributed by atoms with van der Waals surface area (Å²) in [6.07, 6.45) is -1.02. The van der Waals surface area contributed by atoms with Crippen LogP contribution in [0.25, 0.3) is 0 Å². The molecule has 0 aromatic heterocycles. The van der Waals surface area contributed by atoms with Crippen LogP contribution in [0.5, 0.6) is 5.75 Å². The minimum atomic E-state index is -1.64. The summed E-state index contributed by atoms with van der Waals surface area (Å²) in [5, 5.41) is 53.0. The maximum absolute atomic E-state index is 13.4. The number of carboxylic acid groups (broad SMARTS) is 1. The third kappa shape index (κ3) is 13.4. The molecule has 0 aliphatic carbocycles. The van der Waals surface area contributed by atoms with Gasteiger partial charge in [0.25, 0.3) is 5.91 Å². The van der Waals surface area contributed by atoms with Crippen molar-refractivity contribution in [1.82, 2.24) is 26.6 Å². The average Bonchev–Trinajstić information content (AvgIpc) is 2.99. The van der Waals surface area contributed by atoms with Crippen molar-refractivity contribution >= 4 is 35.5 Å². The zero-order valence-corrected chi connectivity index (χ0v) is 28.6. The van der Waals surface area contributed by atoms with E-state index in [4.69, 9.17) is 0 Å². The second-order valence-electron chi connectivity index (χ2n) is 13.0. The summed E-state index contributed by atoms with van der Waals surface area (Å²) in [6.45, 7) is 10.3. The van der Waals surface area contributed by atoms with Crippen LogP contribution in [-0.4, -0.2) is 99.8 Å². The lowest BCUT2D eigenvalue weighted by Gasteiger charge is -2.30. The van der Waals surface area contributed by atoms with Gasteiger partial charge >= 0.3 is 0 Å². The molecule has 0 unspecified atom stereocenters. The maximum Gasteiger partial charge on any atom is 0.279 e. The first kappa shape index (κ1) is 41.7. The Morgan fingerprint density at radius 1 is 0.688 bits per heavy atom. The molecule has 270 valence electrons. The summed E-state index contributed by atoms with van der Waals surface area (Å²) in [4.78, 5) is 76.9. The zero-order chi connectivity index (χ0) is 36.9. The van der Waals surface area contributed by atoms with Crippen molar-refractivity contribution in [3.63, 3.8) is 0 Å². The second kappa shape index (κ2) is 19.5. The lowest BCUT2D eigenvalue weighted by atomic mass is 9.98. The number of hydrogen-bond donors (Lipinski definition) is 9. The van der Waals surface area contributed by atoms with E-state index in [1.165, 1.54) is 32.9 Å². The van der Waals surface area contributed by atoms with Crippen LogP contribution in [0.15, 0.2) is 24.3 Å². The van der Waals surface area contributed by atoms with Gasteiger partial charge in [0.1, 0.15) is 29.9 Å². The Balaban J connectivity index is 3.05. The van der Waals surface area contributed by atoms with Crippen LogP contribution in [0.4, 0.5) is 0 Å². The first-order chi connectivity index (χ1) is 22.3. The highest BCUT2D eigenvalue weighted by Crippen LogP contribution is 2.12. The van der Waals surface area contributed by atoms with Crippen molar-refractivity contribution < 1.29 is 54.9 Å². The molecule has 7 atom stereocenters. The monoisotopic (exact) mass is 680 g/mol. The average molecular weight is 681 g/mol. The van der Waals surface area contributed by atoms with Gasteiger partial charge in [-0.2, -0.15) is 0 Å². The Morgan fingerprint density at radius 3 is 1.60 bits per heavy atom. The molecule has 0 heterocycles. The van der Waals surface area contributed by atoms with Gasteiger partial charge in [0.15, 0.2) is 6.04 Å². The van der Waals surface area contributed by atoms with Gasteiger partial charge in [-0.3, -0.25) is 24.0 Å². The number of carboxylic acids is 1. The van der Waals surface area contributed by atoms with Crippen LogP contribution in [-0.2, 0) is 35.2 Å². The molecule has 0 aliphatic rings. The molecule has 11 N–H and O–H groups in total. The largest absolute Gasteiger partial charge is 0.548 e. The number of amides is 5. The van der Waals surface area contributed by atoms with Crippen molar-refractivity contribution in [2.75, 3.05) is 6.61 Å². The number of rotatable bonds is 19. The van der Waals surface area contributed by atoms with E-state index in [0.717, 1.165) is 5.56 Å². The Bertz CT molecular complexity index is 1250. The number of aliphatic carboxylic acids is 1. The summed E-state index contributed by atoms with van der Waals surface area (Å²) in [6, 6.07) is -1.41. The molecule has 1 rings (SSSR count). The normalized spacial score (nSPS) is 15.8. The smallest absolute Gasteiger partial charge is 0.279 e. The van der Waals surface area contributed by atoms with E-state index < -0.39 is 96.3 Å². The van der Waals surface area contributed by atoms with Gasteiger partial charge < -0.3 is 57.5 Å². The van der Waals surface area contributed by atoms with Crippen LogP contribution in [0, 0.1) is 17.8 Å². The molecule has 16 heteroatoms. The van der Waals surface area contributed by atoms with E-state index in [-0.39, 0.29) is 24.5 Å². The Kier molecular flexibility index (Phi) is 17.0. The van der Waals surface area contributed by atoms with Crippen LogP contribution in [0.1, 0.15) is 60.5 Å². The third-order valence-electron chi connectivity index (χ3n) is 7.47. The number of aliphatic hydroxyl groups is 2. The molecule has 0 saturated carbocycles. The first-order valence-electron chi connectivity index (χ1n) is 15.9. The maximum atomic E-state index is 13.4. The van der Waals surface area contributed by atoms with E-state index in [1.807, 2.05) is 13.8 Å². The molecule has 48 heavy (non-hydrogen) atoms. The summed E-state index contributed by atoms with van der Waals surface area (Å²) in [5.74, 6) is -6.70. The minimum absolute atomic E-state index is 0.0321. The molecule has 5 amide bonds. The predicted molar refractivity (Wildman–Crippen MR) is 171 cm³/mol. The zero-order valence-electron chi connectivity index (χ0n) is 28.6. The highest BCUT2D eigenvalue weighted by Gasteiger charge is 2.35. The number of nitrogens with one attached hydrogen (secondary N) is 5. The van der Waals surface area contributed by atoms with E-state index in [0.29, 0.717) is 0 Å². The number of benzene rings is 1. The molecule has 0 radical (unpaired) electrons. The van der Waals surface area contributed by atoms with Gasteiger partial charge in [-0.1, -0.05) is 53.7 Å². The van der Waals surface area contributed by atoms with Crippen LogP contribution < -0.4 is 37.4 Å². The van der Waals surface area contributed by atoms with Crippen molar-refractivity contribution in [1.29, 1.82) is 0 Å². The number of carbonyl (C=O) groups is 6. The number of phenolic OH excluding ortho intramolecular Hbond substituents is 1. The summed E-state index contributed by atoms with van der Waals surface area (Å²) in [5.41, 5.74) is 4.65. The van der Waals surface area contributed by atoms with Crippen LogP contribution in [0.2, 0.25) is 0 Å². The van der Waals surface area contributed by atoms with Crippen LogP contribution in [0.3, 0.4) is 0 Å². The highest BCUT2D eigenvalue weighted by atomic mass is 16.4. The van der Waals surface area contributed by atoms with Gasteiger partial charge in [-0.25, -0.2) is 0 Å². The SMILES string of the molecule is CC(C)C[C@H](NC(=O)[C@@H]([NH3+])Cc1ccc(O)cc1)C(=O)N[C@H](C(=O)N[C@H](C(=O)N[C@@H](CO)C(=O)N[C@H](C(=O)[O-])C(C)C)[C@@H](C)O)C(C)C. The van der Waals surface area contributed by atoms with Crippen molar-refractivity contribution in [3.05, 3.63) is 29.8 Å². The van der Waals surface area contributed by atoms with E-state index >= 15 is 0 Å². The van der Waals surface area contributed by atoms with Gasteiger partial charge in [0.2, 0.25) is 23.6 Å². The number of quaternary nitrogens is 1. The van der Waals surface area contributed by atoms with Crippen molar-refractivity contribution in [3.8, 4) is 5.75 Å². The molecular formula is C32H52N6O10. The number of phenols is 1. The van der Waals surface area contributed by atoms with Gasteiger partial charge in [-0.05, 0) is 48.8 Å². The first-order valence-corrected chi connectivity index (χ1v) is 15.9. The van der Waals surface area contributed by atoms with Gasteiger partial charge in [-0.15, -0.1) is 0 Å². The van der Waals surface area contributed by atoms with Crippen molar-refractivity contribution in [2.24, 2.45) is 17.8 Å². The quantitative estimate of drug-likeness (QED) is 0.0694. The molecule has 0 fully saturated rings. The second-order valence-corrected chi connectivity index (χ2v) is 13.0. The molecule has 0 bridgehead atoms. The number of aliphatic hydroxyl groups excluding tert-OH is 2. The molecule has 16 nitrogen and oxygen atoms in total. The fraction of sp³-hybridized carbons (Fsp3) is 0.625. The highest BCUT2D eigenvalue weighted by molar-refractivity contribution is 5.96. The van der Waals surface area contributed by atoms with E-state index in [9.17, 15) is 49.2 Å². The van der Waals surface area contributed by atoms with Gasteiger partial charge in [0.05, 0.1) is 24.7 Å². The van der Waals surface area contributed by atoms with E-state index in [1.54, 1.807) is 26.0 Å². The molecule has 1 aromatic rings. The van der Waals surface area contributed by atoms with Gasteiger partial charge in [0, 0.05) is 6.42 Å². The molecular weight excluding hydrogens is 628 g/mol. The number of carbonyl (C=O) groups excluding carboxylic acids is 6. The topological polar surface area (TPSA) is 274 Å². The van der Waals surface area contributed by atoms with Crippen molar-refractivity contribution in [2.45, 2.75) is 104 Å². The fourth-order valence-corrected chi connectivity index (χ4v) is 4.65. The molecule has 0 spiro atoms. The third-order valence-corrected chi connectivity index (χ3v) is 7.47. The minimum Gasteiger partial charge on any atom is -0.548 e. The predicted octanol–water partition coefficient (Wildman–Crippen LogP) is -3.55. The lowest BCUT2D eigenvalue weighted by molar-refractivity contribution is -0.403. The number of hydrogen-bond acceptors (Lipinski definition) is 10. The summed E-state index contributed by atoms with van der Waals surface area (Å²) in [7, 11) is 0. The number of aromatic hydroxyl groups is 1.